The van der Waals surface area contributed by atoms with Crippen molar-refractivity contribution in [1.82, 2.24) is 4.90 Å². The van der Waals surface area contributed by atoms with E-state index >= 15 is 0 Å². The molecular weight excluding hydrogens is 178 g/mol. The summed E-state index contributed by atoms with van der Waals surface area (Å²) in [6.45, 7) is 1.34. The van der Waals surface area contributed by atoms with Crippen molar-refractivity contribution >= 4 is 10.1 Å². The maximum absolute atomic E-state index is 10.7. The van der Waals surface area contributed by atoms with E-state index in [0.29, 0.717) is 6.61 Å². The van der Waals surface area contributed by atoms with Gasteiger partial charge in [0.2, 0.25) is 0 Å². The van der Waals surface area contributed by atoms with Gasteiger partial charge in [-0.25, -0.2) is 0 Å². The van der Waals surface area contributed by atoms with Gasteiger partial charge in [0.15, 0.2) is 0 Å². The van der Waals surface area contributed by atoms with Gasteiger partial charge in [0.05, 0.1) is 12.9 Å². The van der Waals surface area contributed by atoms with E-state index in [-0.39, 0.29) is 6.04 Å². The van der Waals surface area contributed by atoms with Crippen LogP contribution in [0.15, 0.2) is 0 Å². The molecule has 0 spiro atoms. The quantitative estimate of drug-likeness (QED) is 0.594. The molecule has 1 aliphatic rings. The predicted octanol–water partition coefficient (Wildman–Crippen LogP) is 0.0568. The van der Waals surface area contributed by atoms with E-state index in [9.17, 15) is 8.42 Å². The van der Waals surface area contributed by atoms with Crippen molar-refractivity contribution in [3.63, 3.8) is 0 Å². The molecule has 0 unspecified atom stereocenters. The molecule has 1 rings (SSSR count). The van der Waals surface area contributed by atoms with Crippen LogP contribution in [0.5, 0.6) is 0 Å². The summed E-state index contributed by atoms with van der Waals surface area (Å²) in [5.41, 5.74) is 0. The molecule has 4 nitrogen and oxygen atoms in total. The first kappa shape index (κ1) is 9.95. The largest absolute Gasteiger partial charge is 0.301 e. The first-order chi connectivity index (χ1) is 5.49. The van der Waals surface area contributed by atoms with Crippen molar-refractivity contribution < 1.29 is 12.6 Å². The van der Waals surface area contributed by atoms with Gasteiger partial charge in [0.1, 0.15) is 0 Å². The Labute approximate surface area is 73.6 Å². The Balaban J connectivity index is 2.32. The van der Waals surface area contributed by atoms with Gasteiger partial charge < -0.3 is 4.90 Å². The molecule has 1 fully saturated rings. The van der Waals surface area contributed by atoms with Gasteiger partial charge in [-0.1, -0.05) is 0 Å². The maximum atomic E-state index is 10.7. The average molecular weight is 193 g/mol. The summed E-state index contributed by atoms with van der Waals surface area (Å²) in [5, 5.41) is 0. The van der Waals surface area contributed by atoms with Crippen molar-refractivity contribution in [2.24, 2.45) is 0 Å². The normalized spacial score (nSPS) is 26.3. The van der Waals surface area contributed by atoms with Crippen LogP contribution >= 0.6 is 0 Å². The third-order valence-corrected chi connectivity index (χ3v) is 2.71. The predicted molar refractivity (Wildman–Crippen MR) is 46.4 cm³/mol. The van der Waals surface area contributed by atoms with Crippen molar-refractivity contribution in [2.45, 2.75) is 18.9 Å². The Morgan fingerprint density at radius 1 is 1.58 bits per heavy atom. The summed E-state index contributed by atoms with van der Waals surface area (Å²) in [6, 6.07) is 0.278. The Morgan fingerprint density at radius 3 is 2.67 bits per heavy atom. The highest BCUT2D eigenvalue weighted by molar-refractivity contribution is 7.85. The monoisotopic (exact) mass is 193 g/mol. The molecule has 0 amide bonds. The smallest absolute Gasteiger partial charge is 0.264 e. The molecular formula is C7H15NO3S. The second kappa shape index (κ2) is 3.72. The lowest BCUT2D eigenvalue weighted by atomic mass is 10.2. The van der Waals surface area contributed by atoms with Gasteiger partial charge in [0, 0.05) is 6.04 Å². The fraction of sp³-hybridized carbons (Fsp3) is 1.00. The summed E-state index contributed by atoms with van der Waals surface area (Å²) in [7, 11) is -1.27. The van der Waals surface area contributed by atoms with Crippen LogP contribution in [-0.2, 0) is 14.3 Å². The Morgan fingerprint density at radius 2 is 2.25 bits per heavy atom. The fourth-order valence-corrected chi connectivity index (χ4v) is 1.80. The first-order valence-corrected chi connectivity index (χ1v) is 5.85. The fourth-order valence-electron chi connectivity index (χ4n) is 1.39. The lowest BCUT2D eigenvalue weighted by Gasteiger charge is -2.17. The van der Waals surface area contributed by atoms with Crippen LogP contribution in [0.3, 0.4) is 0 Å². The van der Waals surface area contributed by atoms with E-state index in [1.54, 1.807) is 0 Å². The second-order valence-electron chi connectivity index (χ2n) is 3.27. The number of likely N-dealkylation sites (N-methyl/N-ethyl adjacent to an activating group) is 1. The van der Waals surface area contributed by atoms with Crippen LogP contribution in [0.25, 0.3) is 0 Å². The zero-order valence-electron chi connectivity index (χ0n) is 7.49. The summed E-state index contributed by atoms with van der Waals surface area (Å²) in [5.74, 6) is 0. The van der Waals surface area contributed by atoms with Crippen LogP contribution in [0.2, 0.25) is 0 Å². The van der Waals surface area contributed by atoms with Gasteiger partial charge in [0.25, 0.3) is 10.1 Å². The highest BCUT2D eigenvalue weighted by Gasteiger charge is 2.22. The highest BCUT2D eigenvalue weighted by atomic mass is 32.2. The molecule has 0 bridgehead atoms. The van der Waals surface area contributed by atoms with Crippen molar-refractivity contribution in [2.75, 3.05) is 26.5 Å². The molecule has 5 heteroatoms. The third-order valence-electron chi connectivity index (χ3n) is 2.15. The van der Waals surface area contributed by atoms with Crippen LogP contribution in [0.1, 0.15) is 12.8 Å². The number of hydrogen-bond donors (Lipinski definition) is 0. The minimum Gasteiger partial charge on any atom is -0.301 e. The van der Waals surface area contributed by atoms with Gasteiger partial charge in [-0.3, -0.25) is 4.18 Å². The van der Waals surface area contributed by atoms with Crippen molar-refractivity contribution in [1.29, 1.82) is 0 Å². The number of likely N-dealkylation sites (tertiary alicyclic amines) is 1. The second-order valence-corrected chi connectivity index (χ2v) is 4.91. The van der Waals surface area contributed by atoms with Crippen LogP contribution in [0, 0.1) is 0 Å². The van der Waals surface area contributed by atoms with Gasteiger partial charge in [-0.05, 0) is 26.4 Å². The average Bonchev–Trinajstić information content (AvgIpc) is 2.29. The molecule has 72 valence electrons. The third kappa shape index (κ3) is 3.08. The van der Waals surface area contributed by atoms with E-state index in [4.69, 9.17) is 4.18 Å². The summed E-state index contributed by atoms with van der Waals surface area (Å²) >= 11 is 0. The Hall–Kier alpha value is -0.130. The van der Waals surface area contributed by atoms with Crippen molar-refractivity contribution in [3.05, 3.63) is 0 Å². The standard InChI is InChI=1S/C7H15NO3S/c1-8-5-3-4-7(8)6-11-12(2,9)10/h7H,3-6H2,1-2H3/t7-/m1/s1. The molecule has 0 aromatic heterocycles. The molecule has 0 N–H and O–H groups in total. The Kier molecular flexibility index (Phi) is 3.09. The first-order valence-electron chi connectivity index (χ1n) is 4.04. The van der Waals surface area contributed by atoms with Gasteiger partial charge >= 0.3 is 0 Å². The summed E-state index contributed by atoms with van der Waals surface area (Å²) < 4.78 is 26.0. The van der Waals surface area contributed by atoms with Gasteiger partial charge in [-0.15, -0.1) is 0 Å². The van der Waals surface area contributed by atoms with E-state index in [2.05, 4.69) is 4.90 Å². The summed E-state index contributed by atoms with van der Waals surface area (Å²) in [6.07, 6.45) is 3.25. The zero-order valence-corrected chi connectivity index (χ0v) is 8.30. The molecule has 0 aromatic rings. The van der Waals surface area contributed by atoms with E-state index in [1.807, 2.05) is 7.05 Å². The molecule has 1 aliphatic heterocycles. The molecule has 1 atom stereocenters. The number of nitrogens with zero attached hydrogens (tertiary/aromatic N) is 1. The molecule has 1 heterocycles. The maximum Gasteiger partial charge on any atom is 0.264 e. The van der Waals surface area contributed by atoms with Crippen LogP contribution in [-0.4, -0.2) is 45.8 Å². The minimum atomic E-state index is -3.26. The zero-order chi connectivity index (χ0) is 9.19. The molecule has 0 saturated carbocycles. The van der Waals surface area contributed by atoms with E-state index in [0.717, 1.165) is 25.6 Å². The molecule has 0 aromatic carbocycles. The number of rotatable bonds is 3. The highest BCUT2D eigenvalue weighted by Crippen LogP contribution is 2.15. The topological polar surface area (TPSA) is 46.6 Å². The lowest BCUT2D eigenvalue weighted by molar-refractivity contribution is 0.204. The lowest BCUT2D eigenvalue weighted by Crippen LogP contribution is -2.30. The van der Waals surface area contributed by atoms with Crippen LogP contribution in [0.4, 0.5) is 0 Å². The molecule has 12 heavy (non-hydrogen) atoms. The van der Waals surface area contributed by atoms with Crippen LogP contribution < -0.4 is 0 Å². The molecule has 1 saturated heterocycles. The van der Waals surface area contributed by atoms with E-state index in [1.165, 1.54) is 0 Å². The summed E-state index contributed by atoms with van der Waals surface area (Å²) in [4.78, 5) is 2.13. The Bertz CT molecular complexity index is 237. The van der Waals surface area contributed by atoms with E-state index < -0.39 is 10.1 Å². The number of hydrogen-bond acceptors (Lipinski definition) is 4. The SMILES string of the molecule is CN1CCC[C@@H]1COS(C)(=O)=O. The molecule has 0 radical (unpaired) electrons. The molecule has 0 aliphatic carbocycles. The van der Waals surface area contributed by atoms with Gasteiger partial charge in [-0.2, -0.15) is 8.42 Å². The van der Waals surface area contributed by atoms with Crippen molar-refractivity contribution in [3.8, 4) is 0 Å². The minimum absolute atomic E-state index is 0.278.